The topological polar surface area (TPSA) is 51.2 Å². The first-order valence-electron chi connectivity index (χ1n) is 6.55. The van der Waals surface area contributed by atoms with Crippen LogP contribution in [0.25, 0.3) is 11.0 Å². The molecule has 108 valence electrons. The summed E-state index contributed by atoms with van der Waals surface area (Å²) in [5.41, 5.74) is 4.80. The van der Waals surface area contributed by atoms with E-state index in [0.717, 1.165) is 27.6 Å². The van der Waals surface area contributed by atoms with Crippen LogP contribution in [0.5, 0.6) is 0 Å². The first-order valence-corrected chi connectivity index (χ1v) is 7.72. The number of fused-ring (bicyclic) bond motifs is 1. The average Bonchev–Trinajstić information content (AvgIpc) is 2.87. The number of hydrogen-bond acceptors (Lipinski definition) is 3. The first-order chi connectivity index (χ1) is 10.2. The van der Waals surface area contributed by atoms with Gasteiger partial charge in [-0.2, -0.15) is 0 Å². The van der Waals surface area contributed by atoms with E-state index in [2.05, 4.69) is 33.5 Å². The number of rotatable bonds is 4. The molecule has 0 bridgehead atoms. The maximum atomic E-state index is 6.00. The Hall–Kier alpha value is -1.33. The molecule has 3 aromatic rings. The molecule has 0 aliphatic heterocycles. The van der Waals surface area contributed by atoms with Gasteiger partial charge < -0.3 is 4.42 Å². The van der Waals surface area contributed by atoms with Crippen molar-refractivity contribution in [3.05, 3.63) is 69.3 Å². The molecule has 0 aliphatic rings. The fraction of sp³-hybridized carbons (Fsp3) is 0.125. The van der Waals surface area contributed by atoms with Gasteiger partial charge in [-0.3, -0.25) is 5.84 Å². The SMILES string of the molecule is NNC(Cc1cccc(Br)c1)c1cc2cc(Cl)ccc2o1. The Morgan fingerprint density at radius 2 is 2.05 bits per heavy atom. The number of nitrogens with two attached hydrogens (primary N) is 1. The monoisotopic (exact) mass is 364 g/mol. The lowest BCUT2D eigenvalue weighted by Gasteiger charge is -2.13. The van der Waals surface area contributed by atoms with E-state index in [4.69, 9.17) is 21.9 Å². The van der Waals surface area contributed by atoms with Crippen molar-refractivity contribution >= 4 is 38.5 Å². The number of benzene rings is 2. The Morgan fingerprint density at radius 1 is 1.19 bits per heavy atom. The molecule has 0 amide bonds. The molecule has 3 rings (SSSR count). The molecular weight excluding hydrogens is 352 g/mol. The lowest BCUT2D eigenvalue weighted by Crippen LogP contribution is -2.29. The van der Waals surface area contributed by atoms with Crippen LogP contribution >= 0.6 is 27.5 Å². The highest BCUT2D eigenvalue weighted by atomic mass is 79.9. The Bertz CT molecular complexity index is 772. The minimum absolute atomic E-state index is 0.0922. The summed E-state index contributed by atoms with van der Waals surface area (Å²) >= 11 is 9.48. The van der Waals surface area contributed by atoms with Gasteiger partial charge >= 0.3 is 0 Å². The summed E-state index contributed by atoms with van der Waals surface area (Å²) in [7, 11) is 0. The van der Waals surface area contributed by atoms with Gasteiger partial charge in [-0.1, -0.05) is 39.7 Å². The number of hydrazine groups is 1. The Labute approximate surface area is 136 Å². The maximum Gasteiger partial charge on any atom is 0.134 e. The molecule has 3 nitrogen and oxygen atoms in total. The molecule has 0 saturated carbocycles. The molecule has 21 heavy (non-hydrogen) atoms. The molecule has 0 saturated heterocycles. The molecule has 0 aliphatic carbocycles. The van der Waals surface area contributed by atoms with E-state index >= 15 is 0 Å². The quantitative estimate of drug-likeness (QED) is 0.525. The smallest absolute Gasteiger partial charge is 0.134 e. The van der Waals surface area contributed by atoms with E-state index in [0.29, 0.717) is 5.02 Å². The van der Waals surface area contributed by atoms with E-state index in [1.165, 1.54) is 5.56 Å². The van der Waals surface area contributed by atoms with Gasteiger partial charge in [-0.15, -0.1) is 0 Å². The van der Waals surface area contributed by atoms with Crippen LogP contribution < -0.4 is 11.3 Å². The van der Waals surface area contributed by atoms with Crippen molar-refractivity contribution in [1.82, 2.24) is 5.43 Å². The summed E-state index contributed by atoms with van der Waals surface area (Å²) in [6.45, 7) is 0. The second-order valence-corrected chi connectivity index (χ2v) is 6.24. The predicted octanol–water partition coefficient (Wildman–Crippen LogP) is 4.60. The number of furan rings is 1. The van der Waals surface area contributed by atoms with Crippen molar-refractivity contribution in [1.29, 1.82) is 0 Å². The van der Waals surface area contributed by atoms with Crippen molar-refractivity contribution in [2.24, 2.45) is 5.84 Å². The lowest BCUT2D eigenvalue weighted by atomic mass is 10.0. The lowest BCUT2D eigenvalue weighted by molar-refractivity contribution is 0.434. The van der Waals surface area contributed by atoms with Gasteiger partial charge in [-0.25, -0.2) is 5.43 Å². The normalized spacial score (nSPS) is 12.7. The molecule has 1 atom stereocenters. The van der Waals surface area contributed by atoms with E-state index in [1.807, 2.05) is 36.4 Å². The summed E-state index contributed by atoms with van der Waals surface area (Å²) in [6.07, 6.45) is 0.740. The number of nitrogens with one attached hydrogen (secondary N) is 1. The Morgan fingerprint density at radius 3 is 2.81 bits per heavy atom. The first kappa shape index (κ1) is 14.6. The summed E-state index contributed by atoms with van der Waals surface area (Å²) in [4.78, 5) is 0. The fourth-order valence-corrected chi connectivity index (χ4v) is 2.97. The fourth-order valence-electron chi connectivity index (χ4n) is 2.35. The van der Waals surface area contributed by atoms with Crippen molar-refractivity contribution in [3.63, 3.8) is 0 Å². The van der Waals surface area contributed by atoms with Gasteiger partial charge in [0.2, 0.25) is 0 Å². The summed E-state index contributed by atoms with van der Waals surface area (Å²) in [5, 5.41) is 1.67. The zero-order chi connectivity index (χ0) is 14.8. The van der Waals surface area contributed by atoms with Crippen molar-refractivity contribution < 1.29 is 4.42 Å². The van der Waals surface area contributed by atoms with Crippen LogP contribution in [-0.4, -0.2) is 0 Å². The Kier molecular flexibility index (Phi) is 4.31. The average molecular weight is 366 g/mol. The van der Waals surface area contributed by atoms with Crippen molar-refractivity contribution in [2.45, 2.75) is 12.5 Å². The molecule has 0 fully saturated rings. The molecule has 2 aromatic carbocycles. The standard InChI is InChI=1S/C16H14BrClN2O/c17-12-3-1-2-10(6-12)7-14(20-19)16-9-11-8-13(18)4-5-15(11)21-16/h1-6,8-9,14,20H,7,19H2. The van der Waals surface area contributed by atoms with Crippen LogP contribution in [0.3, 0.4) is 0 Å². The van der Waals surface area contributed by atoms with E-state index in [-0.39, 0.29) is 6.04 Å². The largest absolute Gasteiger partial charge is 0.459 e. The summed E-state index contributed by atoms with van der Waals surface area (Å²) < 4.78 is 6.91. The van der Waals surface area contributed by atoms with Gasteiger partial charge in [0.05, 0.1) is 6.04 Å². The Balaban J connectivity index is 1.90. The second-order valence-electron chi connectivity index (χ2n) is 4.88. The molecule has 1 heterocycles. The van der Waals surface area contributed by atoms with E-state index in [1.54, 1.807) is 0 Å². The van der Waals surface area contributed by atoms with Crippen molar-refractivity contribution in [2.75, 3.05) is 0 Å². The second kappa shape index (κ2) is 6.20. The molecule has 1 aromatic heterocycles. The maximum absolute atomic E-state index is 6.00. The van der Waals surface area contributed by atoms with Gasteiger partial charge in [0.1, 0.15) is 11.3 Å². The van der Waals surface area contributed by atoms with Gasteiger partial charge in [0, 0.05) is 14.9 Å². The van der Waals surface area contributed by atoms with Gasteiger partial charge in [0.25, 0.3) is 0 Å². The van der Waals surface area contributed by atoms with E-state index in [9.17, 15) is 0 Å². The molecule has 5 heteroatoms. The number of hydrogen-bond donors (Lipinski definition) is 2. The zero-order valence-corrected chi connectivity index (χ0v) is 13.5. The molecule has 3 N–H and O–H groups in total. The predicted molar refractivity (Wildman–Crippen MR) is 89.1 cm³/mol. The third kappa shape index (κ3) is 3.30. The van der Waals surface area contributed by atoms with Gasteiger partial charge in [-0.05, 0) is 48.4 Å². The van der Waals surface area contributed by atoms with Crippen LogP contribution in [-0.2, 0) is 6.42 Å². The summed E-state index contributed by atoms with van der Waals surface area (Å²) in [6, 6.07) is 15.6. The van der Waals surface area contributed by atoms with Crippen molar-refractivity contribution in [3.8, 4) is 0 Å². The van der Waals surface area contributed by atoms with Crippen LogP contribution in [0.2, 0.25) is 5.02 Å². The number of halogens is 2. The minimum Gasteiger partial charge on any atom is -0.459 e. The van der Waals surface area contributed by atoms with Crippen LogP contribution in [0.4, 0.5) is 0 Å². The molecule has 0 radical (unpaired) electrons. The molecule has 0 spiro atoms. The highest BCUT2D eigenvalue weighted by Gasteiger charge is 2.16. The zero-order valence-electron chi connectivity index (χ0n) is 11.1. The van der Waals surface area contributed by atoms with Crippen LogP contribution in [0.1, 0.15) is 17.4 Å². The van der Waals surface area contributed by atoms with Crippen LogP contribution in [0.15, 0.2) is 57.4 Å². The summed E-state index contributed by atoms with van der Waals surface area (Å²) in [5.74, 6) is 6.50. The molecular formula is C16H14BrClN2O. The van der Waals surface area contributed by atoms with Crippen LogP contribution in [0, 0.1) is 0 Å². The minimum atomic E-state index is -0.0922. The third-order valence-corrected chi connectivity index (χ3v) is 4.10. The highest BCUT2D eigenvalue weighted by molar-refractivity contribution is 9.10. The van der Waals surface area contributed by atoms with Gasteiger partial charge in [0.15, 0.2) is 0 Å². The third-order valence-electron chi connectivity index (χ3n) is 3.37. The molecule has 1 unspecified atom stereocenters. The van der Waals surface area contributed by atoms with E-state index < -0.39 is 0 Å². The highest BCUT2D eigenvalue weighted by Crippen LogP contribution is 2.28.